The Morgan fingerprint density at radius 1 is 1.81 bits per heavy atom. The van der Waals surface area contributed by atoms with Crippen LogP contribution < -0.4 is 5.73 Å². The molecule has 16 heavy (non-hydrogen) atoms. The second kappa shape index (κ2) is 4.43. The third-order valence-electron chi connectivity index (χ3n) is 2.52. The highest BCUT2D eigenvalue weighted by atomic mass is 35.5. The summed E-state index contributed by atoms with van der Waals surface area (Å²) >= 11 is 5.88. The third-order valence-corrected chi connectivity index (χ3v) is 2.89. The van der Waals surface area contributed by atoms with Gasteiger partial charge in [0, 0.05) is 6.20 Å². The molecule has 2 unspecified atom stereocenters. The summed E-state index contributed by atoms with van der Waals surface area (Å²) in [4.78, 5) is 10.9. The summed E-state index contributed by atoms with van der Waals surface area (Å²) < 4.78 is 1.64. The molecule has 0 aliphatic heterocycles. The molecule has 2 atom stereocenters. The smallest absolute Gasteiger partial charge is 0.323 e. The molecule has 5 nitrogen and oxygen atoms in total. The molecule has 1 rings (SSSR count). The van der Waals surface area contributed by atoms with Crippen LogP contribution in [-0.4, -0.2) is 26.4 Å². The number of carboxylic acids is 1. The first kappa shape index (κ1) is 13.0. The Hall–Kier alpha value is -1.07. The molecule has 0 aliphatic carbocycles. The Balaban J connectivity index is 2.80. The second-order valence-electron chi connectivity index (χ2n) is 4.32. The third kappa shape index (κ3) is 2.74. The molecule has 1 aromatic rings. The van der Waals surface area contributed by atoms with Crippen molar-refractivity contribution < 1.29 is 9.90 Å². The summed E-state index contributed by atoms with van der Waals surface area (Å²) in [6.45, 7) is 5.14. The van der Waals surface area contributed by atoms with Gasteiger partial charge in [0.1, 0.15) is 5.54 Å². The van der Waals surface area contributed by atoms with Gasteiger partial charge >= 0.3 is 5.97 Å². The number of aromatic nitrogens is 2. The number of nitrogens with two attached hydrogens (primary N) is 1. The lowest BCUT2D eigenvalue weighted by atomic mass is 9.95. The highest BCUT2D eigenvalue weighted by Crippen LogP contribution is 2.22. The van der Waals surface area contributed by atoms with Gasteiger partial charge in [0.05, 0.1) is 16.8 Å². The van der Waals surface area contributed by atoms with Crippen LogP contribution in [0.2, 0.25) is 5.02 Å². The van der Waals surface area contributed by atoms with E-state index < -0.39 is 11.5 Å². The molecule has 0 spiro atoms. The molecule has 3 N–H and O–H groups in total. The van der Waals surface area contributed by atoms with E-state index in [9.17, 15) is 4.79 Å². The molecule has 0 bridgehead atoms. The van der Waals surface area contributed by atoms with E-state index >= 15 is 0 Å². The molecular formula is C10H16ClN3O2. The fourth-order valence-electron chi connectivity index (χ4n) is 1.48. The van der Waals surface area contributed by atoms with E-state index in [4.69, 9.17) is 22.4 Å². The number of nitrogens with zero attached hydrogens (tertiary/aromatic N) is 2. The Labute approximate surface area is 99.2 Å². The zero-order valence-electron chi connectivity index (χ0n) is 9.57. The highest BCUT2D eigenvalue weighted by Gasteiger charge is 2.30. The first-order valence-electron chi connectivity index (χ1n) is 4.97. The fraction of sp³-hybridized carbons (Fsp3) is 0.600. The predicted molar refractivity (Wildman–Crippen MR) is 61.5 cm³/mol. The van der Waals surface area contributed by atoms with Crippen LogP contribution in [0.15, 0.2) is 6.20 Å². The van der Waals surface area contributed by atoms with Gasteiger partial charge in [-0.25, -0.2) is 0 Å². The van der Waals surface area contributed by atoms with Crippen LogP contribution in [0.25, 0.3) is 0 Å². The number of hydrogen-bond donors (Lipinski definition) is 2. The summed E-state index contributed by atoms with van der Waals surface area (Å²) in [6, 6.07) is -0.114. The topological polar surface area (TPSA) is 81.1 Å². The molecule has 6 heteroatoms. The van der Waals surface area contributed by atoms with Crippen LogP contribution in [0, 0.1) is 6.92 Å². The molecule has 1 aromatic heterocycles. The number of aryl methyl sites for hydroxylation is 1. The zero-order chi connectivity index (χ0) is 12.5. The van der Waals surface area contributed by atoms with Gasteiger partial charge in [0.2, 0.25) is 0 Å². The Bertz CT molecular complexity index is 381. The van der Waals surface area contributed by atoms with Gasteiger partial charge in [0.25, 0.3) is 0 Å². The molecule has 90 valence electrons. The van der Waals surface area contributed by atoms with Crippen molar-refractivity contribution in [2.24, 2.45) is 5.73 Å². The zero-order valence-corrected chi connectivity index (χ0v) is 10.3. The van der Waals surface area contributed by atoms with Gasteiger partial charge in [-0.05, 0) is 27.2 Å². The Morgan fingerprint density at radius 3 is 2.75 bits per heavy atom. The van der Waals surface area contributed by atoms with E-state index in [2.05, 4.69) is 5.10 Å². The molecule has 0 radical (unpaired) electrons. The summed E-state index contributed by atoms with van der Waals surface area (Å²) in [5.74, 6) is -1.02. The SMILES string of the molecule is Cc1nn(C(C)CC(C)(N)C(=O)O)cc1Cl. The fourth-order valence-corrected chi connectivity index (χ4v) is 1.62. The first-order valence-corrected chi connectivity index (χ1v) is 5.35. The number of carbonyl (C=O) groups is 1. The van der Waals surface area contributed by atoms with Crippen molar-refractivity contribution in [1.82, 2.24) is 9.78 Å². The lowest BCUT2D eigenvalue weighted by molar-refractivity contribution is -0.143. The van der Waals surface area contributed by atoms with E-state index in [-0.39, 0.29) is 6.04 Å². The lowest BCUT2D eigenvalue weighted by Gasteiger charge is -2.23. The van der Waals surface area contributed by atoms with Gasteiger partial charge in [0.15, 0.2) is 0 Å². The van der Waals surface area contributed by atoms with E-state index in [1.54, 1.807) is 17.8 Å². The van der Waals surface area contributed by atoms with Crippen molar-refractivity contribution in [3.05, 3.63) is 16.9 Å². The average Bonchev–Trinajstić information content (AvgIpc) is 2.46. The van der Waals surface area contributed by atoms with Crippen molar-refractivity contribution in [2.45, 2.75) is 38.8 Å². The maximum Gasteiger partial charge on any atom is 0.323 e. The Kier molecular flexibility index (Phi) is 3.60. The minimum absolute atomic E-state index is 0.114. The van der Waals surface area contributed by atoms with Crippen molar-refractivity contribution in [1.29, 1.82) is 0 Å². The lowest BCUT2D eigenvalue weighted by Crippen LogP contribution is -2.46. The molecular weight excluding hydrogens is 230 g/mol. The van der Waals surface area contributed by atoms with Gasteiger partial charge in [-0.2, -0.15) is 5.10 Å². The average molecular weight is 246 g/mol. The van der Waals surface area contributed by atoms with Crippen molar-refractivity contribution >= 4 is 17.6 Å². The Morgan fingerprint density at radius 2 is 2.38 bits per heavy atom. The summed E-state index contributed by atoms with van der Waals surface area (Å²) in [5.41, 5.74) is 5.14. The second-order valence-corrected chi connectivity index (χ2v) is 4.73. The minimum atomic E-state index is -1.26. The summed E-state index contributed by atoms with van der Waals surface area (Å²) in [5, 5.41) is 13.7. The van der Waals surface area contributed by atoms with Crippen LogP contribution in [0.3, 0.4) is 0 Å². The predicted octanol–water partition coefficient (Wildman–Crippen LogP) is 1.60. The quantitative estimate of drug-likeness (QED) is 0.844. The van der Waals surface area contributed by atoms with E-state index in [0.29, 0.717) is 11.4 Å². The molecule has 0 saturated carbocycles. The first-order chi connectivity index (χ1) is 7.24. The highest BCUT2D eigenvalue weighted by molar-refractivity contribution is 6.31. The molecule has 0 aliphatic rings. The van der Waals surface area contributed by atoms with Crippen LogP contribution in [-0.2, 0) is 4.79 Å². The monoisotopic (exact) mass is 245 g/mol. The van der Waals surface area contributed by atoms with Crippen LogP contribution in [0.4, 0.5) is 0 Å². The number of hydrogen-bond acceptors (Lipinski definition) is 3. The molecule has 0 fully saturated rings. The van der Waals surface area contributed by atoms with Crippen LogP contribution in [0.1, 0.15) is 32.0 Å². The van der Waals surface area contributed by atoms with Crippen molar-refractivity contribution in [3.63, 3.8) is 0 Å². The van der Waals surface area contributed by atoms with Gasteiger partial charge in [-0.3, -0.25) is 9.48 Å². The minimum Gasteiger partial charge on any atom is -0.480 e. The van der Waals surface area contributed by atoms with Gasteiger partial charge in [-0.1, -0.05) is 11.6 Å². The standard InChI is InChI=1S/C10H16ClN3O2/c1-6(4-10(3,12)9(15)16)14-5-8(11)7(2)13-14/h5-6H,4,12H2,1-3H3,(H,15,16). The number of carboxylic acid groups (broad SMARTS) is 1. The number of aliphatic carboxylic acids is 1. The van der Waals surface area contributed by atoms with Gasteiger partial charge < -0.3 is 10.8 Å². The normalized spacial score (nSPS) is 16.8. The van der Waals surface area contributed by atoms with Gasteiger partial charge in [-0.15, -0.1) is 0 Å². The van der Waals surface area contributed by atoms with E-state index in [1.807, 2.05) is 6.92 Å². The molecule has 0 amide bonds. The molecule has 1 heterocycles. The molecule has 0 aromatic carbocycles. The summed E-state index contributed by atoms with van der Waals surface area (Å²) in [6.07, 6.45) is 1.97. The van der Waals surface area contributed by atoms with E-state index in [1.165, 1.54) is 6.92 Å². The van der Waals surface area contributed by atoms with Crippen molar-refractivity contribution in [3.8, 4) is 0 Å². The summed E-state index contributed by atoms with van der Waals surface area (Å²) in [7, 11) is 0. The van der Waals surface area contributed by atoms with Crippen molar-refractivity contribution in [2.75, 3.05) is 0 Å². The maximum atomic E-state index is 10.9. The molecule has 0 saturated heterocycles. The number of rotatable bonds is 4. The maximum absolute atomic E-state index is 10.9. The van der Waals surface area contributed by atoms with Crippen LogP contribution >= 0.6 is 11.6 Å². The largest absolute Gasteiger partial charge is 0.480 e. The van der Waals surface area contributed by atoms with E-state index in [0.717, 1.165) is 5.69 Å². The van der Waals surface area contributed by atoms with Crippen LogP contribution in [0.5, 0.6) is 0 Å². The number of halogens is 1.